The SMILES string of the molecule is CCC(F)c1ccc(-c2cccc3sc(N)nc23)c(-c2nn[nH]n2)c1S(N)(=O)=O. The number of H-pyrrole nitrogens is 1. The lowest BCUT2D eigenvalue weighted by molar-refractivity contribution is 0.329. The van der Waals surface area contributed by atoms with Crippen molar-refractivity contribution < 1.29 is 12.8 Å². The number of rotatable bonds is 5. The van der Waals surface area contributed by atoms with E-state index in [1.165, 1.54) is 17.4 Å². The molecular weight excluding hydrogens is 417 g/mol. The molecule has 2 aromatic carbocycles. The smallest absolute Gasteiger partial charge is 0.239 e. The third kappa shape index (κ3) is 3.34. The Balaban J connectivity index is 2.16. The second-order valence-corrected chi connectivity index (χ2v) is 8.83. The van der Waals surface area contributed by atoms with E-state index in [9.17, 15) is 12.8 Å². The minimum atomic E-state index is -4.33. The van der Waals surface area contributed by atoms with Gasteiger partial charge in [-0.15, -0.1) is 10.2 Å². The van der Waals surface area contributed by atoms with Gasteiger partial charge in [0.05, 0.1) is 20.7 Å². The number of hydrogen-bond acceptors (Lipinski definition) is 8. The molecule has 2 heterocycles. The molecule has 9 nitrogen and oxygen atoms in total. The maximum Gasteiger partial charge on any atom is 0.239 e. The van der Waals surface area contributed by atoms with Crippen LogP contribution >= 0.6 is 11.3 Å². The minimum absolute atomic E-state index is 0.0191. The van der Waals surface area contributed by atoms with Crippen molar-refractivity contribution in [3.8, 4) is 22.5 Å². The number of primary sulfonamides is 1. The number of para-hydroxylation sites is 1. The zero-order valence-corrected chi connectivity index (χ0v) is 16.8. The number of halogens is 1. The molecule has 5 N–H and O–H groups in total. The summed E-state index contributed by atoms with van der Waals surface area (Å²) < 4.78 is 40.5. The van der Waals surface area contributed by atoms with Crippen LogP contribution in [0, 0.1) is 0 Å². The van der Waals surface area contributed by atoms with Gasteiger partial charge in [-0.1, -0.05) is 42.5 Å². The van der Waals surface area contributed by atoms with E-state index >= 15 is 0 Å². The molecule has 4 rings (SSSR count). The first-order valence-electron chi connectivity index (χ1n) is 8.54. The van der Waals surface area contributed by atoms with Crippen molar-refractivity contribution in [2.45, 2.75) is 24.4 Å². The van der Waals surface area contributed by atoms with Gasteiger partial charge in [0.25, 0.3) is 0 Å². The first kappa shape index (κ1) is 19.4. The highest BCUT2D eigenvalue weighted by Gasteiger charge is 2.30. The van der Waals surface area contributed by atoms with Crippen LogP contribution in [0.15, 0.2) is 35.2 Å². The number of tetrazole rings is 1. The molecule has 0 amide bonds. The van der Waals surface area contributed by atoms with Gasteiger partial charge in [0.1, 0.15) is 6.17 Å². The zero-order valence-electron chi connectivity index (χ0n) is 15.1. The Morgan fingerprint density at radius 2 is 2.03 bits per heavy atom. The average Bonchev–Trinajstić information content (AvgIpc) is 3.33. The van der Waals surface area contributed by atoms with E-state index in [1.54, 1.807) is 25.1 Å². The highest BCUT2D eigenvalue weighted by molar-refractivity contribution is 7.89. The molecule has 0 aliphatic rings. The first-order chi connectivity index (χ1) is 13.8. The van der Waals surface area contributed by atoms with E-state index in [1.807, 2.05) is 6.07 Å². The molecule has 0 saturated heterocycles. The Hall–Kier alpha value is -2.96. The van der Waals surface area contributed by atoms with Gasteiger partial charge in [0.2, 0.25) is 15.8 Å². The lowest BCUT2D eigenvalue weighted by Gasteiger charge is -2.17. The third-order valence-corrected chi connectivity index (χ3v) is 6.32. The van der Waals surface area contributed by atoms with Crippen molar-refractivity contribution in [1.82, 2.24) is 25.6 Å². The standard InChI is InChI=1S/C17H16FN7O2S2/c1-2-11(18)10-7-6-8(9-4-3-5-12-14(9)21-17(19)28-12)13(15(10)29(20,26)27)16-22-24-25-23-16/h3-7,11H,2H2,1H3,(H2,19,21)(H2,20,26,27)(H,22,23,24,25). The third-order valence-electron chi connectivity index (χ3n) is 4.46. The first-order valence-corrected chi connectivity index (χ1v) is 10.9. The molecular formula is C17H16FN7O2S2. The zero-order chi connectivity index (χ0) is 20.8. The number of nitrogens with two attached hydrogens (primary N) is 2. The van der Waals surface area contributed by atoms with Gasteiger partial charge in [-0.3, -0.25) is 0 Å². The Labute approximate surface area is 169 Å². The summed E-state index contributed by atoms with van der Waals surface area (Å²) in [5, 5.41) is 19.5. The van der Waals surface area contributed by atoms with Crippen LogP contribution in [0.25, 0.3) is 32.7 Å². The van der Waals surface area contributed by atoms with Crippen LogP contribution in [0.4, 0.5) is 9.52 Å². The molecule has 0 spiro atoms. The van der Waals surface area contributed by atoms with E-state index in [2.05, 4.69) is 25.6 Å². The van der Waals surface area contributed by atoms with E-state index in [0.717, 1.165) is 4.70 Å². The minimum Gasteiger partial charge on any atom is -0.375 e. The summed E-state index contributed by atoms with van der Waals surface area (Å²) >= 11 is 1.30. The molecule has 0 fully saturated rings. The van der Waals surface area contributed by atoms with Crippen LogP contribution in [0.3, 0.4) is 0 Å². The summed E-state index contributed by atoms with van der Waals surface area (Å²) in [6.07, 6.45) is -1.46. The Bertz CT molecular complexity index is 1300. The quantitative estimate of drug-likeness (QED) is 0.437. The van der Waals surface area contributed by atoms with Crippen LogP contribution in [-0.4, -0.2) is 34.0 Å². The van der Waals surface area contributed by atoms with Gasteiger partial charge in [0, 0.05) is 11.1 Å². The molecule has 2 aromatic heterocycles. The molecule has 29 heavy (non-hydrogen) atoms. The maximum absolute atomic E-state index is 14.7. The molecule has 0 radical (unpaired) electrons. The lowest BCUT2D eigenvalue weighted by Crippen LogP contribution is -2.17. The Morgan fingerprint density at radius 1 is 1.24 bits per heavy atom. The van der Waals surface area contributed by atoms with Crippen molar-refractivity contribution in [2.24, 2.45) is 5.14 Å². The van der Waals surface area contributed by atoms with Crippen molar-refractivity contribution in [2.75, 3.05) is 5.73 Å². The second kappa shape index (κ2) is 7.13. The van der Waals surface area contributed by atoms with Crippen LogP contribution in [0.1, 0.15) is 25.1 Å². The van der Waals surface area contributed by atoms with Crippen LogP contribution in [0.5, 0.6) is 0 Å². The monoisotopic (exact) mass is 433 g/mol. The summed E-state index contributed by atoms with van der Waals surface area (Å²) in [5.41, 5.74) is 7.47. The summed E-state index contributed by atoms with van der Waals surface area (Å²) in [4.78, 5) is 3.99. The number of thiazole rings is 1. The molecule has 0 aliphatic carbocycles. The number of hydrogen-bond donors (Lipinski definition) is 3. The number of fused-ring (bicyclic) bond motifs is 1. The van der Waals surface area contributed by atoms with E-state index in [-0.39, 0.29) is 28.3 Å². The van der Waals surface area contributed by atoms with Gasteiger partial charge in [-0.05, 0) is 23.3 Å². The van der Waals surface area contributed by atoms with Gasteiger partial charge < -0.3 is 5.73 Å². The van der Waals surface area contributed by atoms with E-state index in [0.29, 0.717) is 21.8 Å². The Morgan fingerprint density at radius 3 is 2.69 bits per heavy atom. The number of alkyl halides is 1. The molecule has 0 saturated carbocycles. The molecule has 1 unspecified atom stereocenters. The average molecular weight is 433 g/mol. The predicted octanol–water partition coefficient (Wildman–Crippen LogP) is 2.79. The Kier molecular flexibility index (Phi) is 4.76. The molecule has 150 valence electrons. The van der Waals surface area contributed by atoms with Gasteiger partial charge in [-0.2, -0.15) is 5.21 Å². The number of nitrogens with zero attached hydrogens (tertiary/aromatic N) is 4. The topological polar surface area (TPSA) is 154 Å². The number of anilines is 1. The summed E-state index contributed by atoms with van der Waals surface area (Å²) in [6, 6.07) is 8.44. The summed E-state index contributed by atoms with van der Waals surface area (Å²) in [7, 11) is -4.33. The number of nitrogens with one attached hydrogen (secondary N) is 1. The van der Waals surface area contributed by atoms with Crippen LogP contribution < -0.4 is 10.9 Å². The van der Waals surface area contributed by atoms with E-state index in [4.69, 9.17) is 10.9 Å². The summed E-state index contributed by atoms with van der Waals surface area (Å²) in [5.74, 6) is -0.0191. The normalized spacial score (nSPS) is 13.1. The van der Waals surface area contributed by atoms with Gasteiger partial charge >= 0.3 is 0 Å². The highest BCUT2D eigenvalue weighted by Crippen LogP contribution is 2.42. The maximum atomic E-state index is 14.7. The lowest BCUT2D eigenvalue weighted by atomic mass is 9.94. The number of aromatic nitrogens is 5. The molecule has 0 bridgehead atoms. The fourth-order valence-corrected chi connectivity index (χ4v) is 5.04. The fourth-order valence-electron chi connectivity index (χ4n) is 3.27. The van der Waals surface area contributed by atoms with Crippen molar-refractivity contribution in [3.05, 3.63) is 35.9 Å². The molecule has 1 atom stereocenters. The predicted molar refractivity (Wildman–Crippen MR) is 108 cm³/mol. The van der Waals surface area contributed by atoms with E-state index < -0.39 is 16.2 Å². The number of aromatic amines is 1. The van der Waals surface area contributed by atoms with Crippen molar-refractivity contribution >= 4 is 36.7 Å². The molecule has 0 aliphatic heterocycles. The number of nitrogen functional groups attached to an aromatic ring is 1. The second-order valence-electron chi connectivity index (χ2n) is 6.27. The number of sulfonamides is 1. The van der Waals surface area contributed by atoms with Gasteiger partial charge in [0.15, 0.2) is 5.13 Å². The summed E-state index contributed by atoms with van der Waals surface area (Å²) in [6.45, 7) is 1.61. The van der Waals surface area contributed by atoms with Crippen LogP contribution in [0.2, 0.25) is 0 Å². The van der Waals surface area contributed by atoms with Crippen molar-refractivity contribution in [1.29, 1.82) is 0 Å². The van der Waals surface area contributed by atoms with Gasteiger partial charge in [-0.25, -0.2) is 22.9 Å². The molecule has 4 aromatic rings. The molecule has 12 heteroatoms. The highest BCUT2D eigenvalue weighted by atomic mass is 32.2. The number of benzene rings is 2. The van der Waals surface area contributed by atoms with Crippen LogP contribution in [-0.2, 0) is 10.0 Å². The van der Waals surface area contributed by atoms with Crippen molar-refractivity contribution in [3.63, 3.8) is 0 Å². The largest absolute Gasteiger partial charge is 0.375 e. The fraction of sp³-hybridized carbons (Fsp3) is 0.176.